The van der Waals surface area contributed by atoms with Crippen LogP contribution in [0.1, 0.15) is 15.9 Å². The maximum Gasteiger partial charge on any atom is 0.337 e. The van der Waals surface area contributed by atoms with Gasteiger partial charge in [0, 0.05) is 0 Å². The van der Waals surface area contributed by atoms with Gasteiger partial charge in [-0.25, -0.2) is 13.2 Å². The van der Waals surface area contributed by atoms with Gasteiger partial charge >= 0.3 is 5.97 Å². The van der Waals surface area contributed by atoms with Crippen molar-refractivity contribution in [2.75, 3.05) is 18.9 Å². The minimum Gasteiger partial charge on any atom is -0.495 e. The summed E-state index contributed by atoms with van der Waals surface area (Å²) in [6.07, 6.45) is 0. The van der Waals surface area contributed by atoms with Gasteiger partial charge in [-0.2, -0.15) is 0 Å². The fourth-order valence-corrected chi connectivity index (χ4v) is 3.21. The summed E-state index contributed by atoms with van der Waals surface area (Å²) in [4.78, 5) is 11.4. The first-order chi connectivity index (χ1) is 10.9. The first-order valence-electron chi connectivity index (χ1n) is 6.76. The first kappa shape index (κ1) is 16.8. The second kappa shape index (κ2) is 7.15. The molecule has 0 bridgehead atoms. The lowest BCUT2D eigenvalue weighted by Crippen LogP contribution is -2.15. The number of anilines is 1. The molecule has 0 aliphatic heterocycles. The molecule has 0 atom stereocenters. The van der Waals surface area contributed by atoms with Gasteiger partial charge in [-0.3, -0.25) is 4.72 Å². The largest absolute Gasteiger partial charge is 0.495 e. The van der Waals surface area contributed by atoms with Gasteiger partial charge in [0.1, 0.15) is 5.75 Å². The highest BCUT2D eigenvalue weighted by molar-refractivity contribution is 7.91. The molecule has 2 aromatic rings. The molecule has 0 aliphatic rings. The Labute approximate surface area is 135 Å². The van der Waals surface area contributed by atoms with Crippen LogP contribution in [0.2, 0.25) is 0 Å². The molecule has 0 spiro atoms. The zero-order chi connectivity index (χ0) is 16.9. The minimum absolute atomic E-state index is 0.216. The summed E-state index contributed by atoms with van der Waals surface area (Å²) in [7, 11) is -0.845. The van der Waals surface area contributed by atoms with Gasteiger partial charge in [0.25, 0.3) is 0 Å². The van der Waals surface area contributed by atoms with Crippen LogP contribution in [0, 0.1) is 0 Å². The normalized spacial score (nSPS) is 10.9. The number of benzene rings is 2. The van der Waals surface area contributed by atoms with Gasteiger partial charge in [-0.15, -0.1) is 0 Å². The van der Waals surface area contributed by atoms with Crippen LogP contribution in [0.4, 0.5) is 5.69 Å². The van der Waals surface area contributed by atoms with E-state index >= 15 is 0 Å². The highest BCUT2D eigenvalue weighted by Crippen LogP contribution is 2.25. The van der Waals surface area contributed by atoms with Crippen molar-refractivity contribution in [1.29, 1.82) is 0 Å². The van der Waals surface area contributed by atoms with Crippen molar-refractivity contribution >= 4 is 21.7 Å². The molecule has 0 aromatic heterocycles. The molecular formula is C16H17NO5S. The molecule has 1 N–H and O–H groups in total. The van der Waals surface area contributed by atoms with Crippen LogP contribution >= 0.6 is 0 Å². The Hall–Kier alpha value is -2.54. The van der Waals surface area contributed by atoms with Crippen molar-refractivity contribution in [1.82, 2.24) is 0 Å². The average molecular weight is 335 g/mol. The van der Waals surface area contributed by atoms with E-state index in [1.165, 1.54) is 26.4 Å². The second-order valence-electron chi connectivity index (χ2n) is 4.75. The molecule has 0 amide bonds. The third-order valence-electron chi connectivity index (χ3n) is 3.10. The number of methoxy groups -OCH3 is 2. The van der Waals surface area contributed by atoms with E-state index in [0.717, 1.165) is 0 Å². The number of rotatable bonds is 6. The summed E-state index contributed by atoms with van der Waals surface area (Å²) < 4.78 is 36.7. The van der Waals surface area contributed by atoms with E-state index in [0.29, 0.717) is 22.6 Å². The van der Waals surface area contributed by atoms with Crippen molar-refractivity contribution in [3.05, 3.63) is 59.7 Å². The third kappa shape index (κ3) is 4.46. The monoisotopic (exact) mass is 335 g/mol. The number of hydrogen-bond acceptors (Lipinski definition) is 5. The third-order valence-corrected chi connectivity index (χ3v) is 4.35. The predicted molar refractivity (Wildman–Crippen MR) is 87.0 cm³/mol. The summed E-state index contributed by atoms with van der Waals surface area (Å²) in [6.45, 7) is 0. The summed E-state index contributed by atoms with van der Waals surface area (Å²) in [5, 5.41) is 0. The van der Waals surface area contributed by atoms with Gasteiger partial charge in [0.15, 0.2) is 0 Å². The van der Waals surface area contributed by atoms with Gasteiger partial charge in [-0.05, 0) is 29.8 Å². The van der Waals surface area contributed by atoms with Gasteiger partial charge < -0.3 is 9.47 Å². The molecule has 0 unspecified atom stereocenters. The van der Waals surface area contributed by atoms with E-state index in [1.54, 1.807) is 36.4 Å². The topological polar surface area (TPSA) is 81.7 Å². The molecule has 7 heteroatoms. The van der Waals surface area contributed by atoms with Crippen LogP contribution in [0.25, 0.3) is 0 Å². The van der Waals surface area contributed by atoms with Crippen LogP contribution in [0.15, 0.2) is 48.5 Å². The highest BCUT2D eigenvalue weighted by atomic mass is 32.2. The average Bonchev–Trinajstić information content (AvgIpc) is 2.54. The summed E-state index contributed by atoms with van der Waals surface area (Å²) >= 11 is 0. The molecule has 0 fully saturated rings. The molecular weight excluding hydrogens is 318 g/mol. The minimum atomic E-state index is -3.61. The van der Waals surface area contributed by atoms with Crippen molar-refractivity contribution in [2.24, 2.45) is 0 Å². The van der Waals surface area contributed by atoms with E-state index in [1.807, 2.05) is 0 Å². The Morgan fingerprint density at radius 2 is 1.70 bits per heavy atom. The lowest BCUT2D eigenvalue weighted by Gasteiger charge is -2.11. The Morgan fingerprint density at radius 1 is 1.04 bits per heavy atom. The molecule has 0 saturated heterocycles. The van der Waals surface area contributed by atoms with E-state index in [2.05, 4.69) is 9.46 Å². The number of nitrogens with one attached hydrogen (secondary N) is 1. The van der Waals surface area contributed by atoms with Crippen LogP contribution in [-0.4, -0.2) is 28.6 Å². The Bertz CT molecular complexity index is 784. The van der Waals surface area contributed by atoms with Crippen LogP contribution in [-0.2, 0) is 20.5 Å². The van der Waals surface area contributed by atoms with E-state index in [9.17, 15) is 13.2 Å². The van der Waals surface area contributed by atoms with Crippen molar-refractivity contribution in [2.45, 2.75) is 5.75 Å². The summed E-state index contributed by atoms with van der Waals surface area (Å²) in [5.41, 5.74) is 1.30. The Kier molecular flexibility index (Phi) is 5.23. The number of para-hydroxylation sites is 2. The predicted octanol–water partition coefficient (Wildman–Crippen LogP) is 2.42. The molecule has 23 heavy (non-hydrogen) atoms. The lowest BCUT2D eigenvalue weighted by molar-refractivity contribution is 0.0600. The lowest BCUT2D eigenvalue weighted by atomic mass is 10.1. The molecule has 2 aromatic carbocycles. The quantitative estimate of drug-likeness (QED) is 0.820. The fraction of sp³-hybridized carbons (Fsp3) is 0.188. The number of carbonyl (C=O) groups is 1. The maximum atomic E-state index is 12.3. The van der Waals surface area contributed by atoms with E-state index < -0.39 is 16.0 Å². The molecule has 0 aliphatic carbocycles. The number of esters is 1. The summed E-state index contributed by atoms with van der Waals surface area (Å²) in [6, 6.07) is 13.0. The van der Waals surface area contributed by atoms with Gasteiger partial charge in [0.2, 0.25) is 10.0 Å². The molecule has 122 valence electrons. The molecule has 0 heterocycles. The molecule has 6 nitrogen and oxygen atoms in total. The first-order valence-corrected chi connectivity index (χ1v) is 8.41. The molecule has 0 radical (unpaired) electrons. The zero-order valence-corrected chi connectivity index (χ0v) is 13.6. The fourth-order valence-electron chi connectivity index (χ4n) is 2.01. The Balaban J connectivity index is 2.13. The number of carbonyl (C=O) groups excluding carboxylic acids is 1. The number of sulfonamides is 1. The van der Waals surface area contributed by atoms with Crippen molar-refractivity contribution < 1.29 is 22.7 Å². The molecule has 0 saturated carbocycles. The summed E-state index contributed by atoms with van der Waals surface area (Å²) in [5.74, 6) is -0.240. The zero-order valence-electron chi connectivity index (χ0n) is 12.8. The van der Waals surface area contributed by atoms with Crippen LogP contribution in [0.3, 0.4) is 0 Å². The van der Waals surface area contributed by atoms with Gasteiger partial charge in [-0.1, -0.05) is 24.3 Å². The van der Waals surface area contributed by atoms with Crippen LogP contribution < -0.4 is 9.46 Å². The van der Waals surface area contributed by atoms with Crippen molar-refractivity contribution in [3.8, 4) is 5.75 Å². The Morgan fingerprint density at radius 3 is 2.30 bits per heavy atom. The SMILES string of the molecule is COC(=O)c1ccc(CS(=O)(=O)Nc2ccccc2OC)cc1. The van der Waals surface area contributed by atoms with E-state index in [-0.39, 0.29) is 5.75 Å². The maximum absolute atomic E-state index is 12.3. The number of hydrogen-bond donors (Lipinski definition) is 1. The van der Waals surface area contributed by atoms with Crippen LogP contribution in [0.5, 0.6) is 5.75 Å². The number of ether oxygens (including phenoxy) is 2. The standard InChI is InChI=1S/C16H17NO5S/c1-21-15-6-4-3-5-14(15)17-23(19,20)11-12-7-9-13(10-8-12)16(18)22-2/h3-10,17H,11H2,1-2H3. The molecule has 2 rings (SSSR count). The van der Waals surface area contributed by atoms with Gasteiger partial charge in [0.05, 0.1) is 31.2 Å². The second-order valence-corrected chi connectivity index (χ2v) is 6.47. The van der Waals surface area contributed by atoms with Crippen molar-refractivity contribution in [3.63, 3.8) is 0 Å². The highest BCUT2D eigenvalue weighted by Gasteiger charge is 2.15. The smallest absolute Gasteiger partial charge is 0.337 e. The van der Waals surface area contributed by atoms with E-state index in [4.69, 9.17) is 4.74 Å².